The summed E-state index contributed by atoms with van der Waals surface area (Å²) in [7, 11) is 0. The highest BCUT2D eigenvalue weighted by atomic mass is 14.0. The van der Waals surface area contributed by atoms with Crippen molar-refractivity contribution in [1.82, 2.24) is 0 Å². The Balaban J connectivity index is 2.98. The summed E-state index contributed by atoms with van der Waals surface area (Å²) in [6, 6.07) is 0. The molecule has 0 heteroatoms. The molecule has 0 unspecified atom stereocenters. The molecule has 0 aliphatic rings. The van der Waals surface area contributed by atoms with E-state index < -0.39 is 0 Å². The summed E-state index contributed by atoms with van der Waals surface area (Å²) in [4.78, 5) is 0. The van der Waals surface area contributed by atoms with E-state index in [1.165, 1.54) is 89.9 Å². The molecule has 0 aliphatic heterocycles. The fourth-order valence-electron chi connectivity index (χ4n) is 2.35. The lowest BCUT2D eigenvalue weighted by Crippen LogP contribution is -1.81. The smallest absolute Gasteiger partial charge is 0.0351 e. The Hall–Kier alpha value is -0.520. The molecule has 0 spiro atoms. The molecule has 0 saturated heterocycles. The van der Waals surface area contributed by atoms with Crippen LogP contribution in [0.5, 0.6) is 0 Å². The van der Waals surface area contributed by atoms with Gasteiger partial charge in [-0.25, -0.2) is 0 Å². The third kappa shape index (κ3) is 17.5. The predicted molar refractivity (Wildman–Crippen MR) is 89.6 cm³/mol. The fraction of sp³-hybridized carbons (Fsp3) is 0.789. The van der Waals surface area contributed by atoms with Gasteiger partial charge >= 0.3 is 0 Å². The van der Waals surface area contributed by atoms with Crippen LogP contribution in [-0.2, 0) is 0 Å². The van der Waals surface area contributed by atoms with Gasteiger partial charge in [0.1, 0.15) is 0 Å². The van der Waals surface area contributed by atoms with E-state index in [1.54, 1.807) is 0 Å². The molecule has 19 heavy (non-hydrogen) atoms. The van der Waals surface area contributed by atoms with Crippen LogP contribution >= 0.6 is 0 Å². The minimum absolute atomic E-state index is 1.20. The van der Waals surface area contributed by atoms with Gasteiger partial charge in [-0.3, -0.25) is 0 Å². The molecular formula is C19H36. The quantitative estimate of drug-likeness (QED) is 0.216. The van der Waals surface area contributed by atoms with E-state index in [-0.39, 0.29) is 0 Å². The summed E-state index contributed by atoms with van der Waals surface area (Å²) in [6.07, 6.45) is 26.0. The van der Waals surface area contributed by atoms with Crippen LogP contribution in [0.15, 0.2) is 24.8 Å². The van der Waals surface area contributed by atoms with E-state index in [0.29, 0.717) is 0 Å². The largest absolute Gasteiger partial charge is 0.103 e. The van der Waals surface area contributed by atoms with Crippen LogP contribution in [-0.4, -0.2) is 0 Å². The SMILES string of the molecule is C=CCCCCCCCCCCCC=CCCCC. The highest BCUT2D eigenvalue weighted by Crippen LogP contribution is 2.11. The summed E-state index contributed by atoms with van der Waals surface area (Å²) in [5, 5.41) is 0. The van der Waals surface area contributed by atoms with Crippen LogP contribution in [0.4, 0.5) is 0 Å². The van der Waals surface area contributed by atoms with E-state index in [9.17, 15) is 0 Å². The molecule has 0 atom stereocenters. The number of allylic oxidation sites excluding steroid dienone is 3. The first-order chi connectivity index (χ1) is 9.41. The molecule has 0 amide bonds. The zero-order valence-electron chi connectivity index (χ0n) is 13.3. The Labute approximate surface area is 122 Å². The van der Waals surface area contributed by atoms with Gasteiger partial charge in [0.05, 0.1) is 0 Å². The van der Waals surface area contributed by atoms with Crippen molar-refractivity contribution in [1.29, 1.82) is 0 Å². The topological polar surface area (TPSA) is 0 Å². The first-order valence-corrected chi connectivity index (χ1v) is 8.67. The van der Waals surface area contributed by atoms with Crippen molar-refractivity contribution in [2.45, 2.75) is 96.8 Å². The molecule has 0 heterocycles. The lowest BCUT2D eigenvalue weighted by atomic mass is 10.1. The molecule has 0 aromatic rings. The minimum atomic E-state index is 1.20. The van der Waals surface area contributed by atoms with Crippen molar-refractivity contribution >= 4 is 0 Å². The number of rotatable bonds is 15. The van der Waals surface area contributed by atoms with E-state index in [0.717, 1.165) is 0 Å². The second-order valence-electron chi connectivity index (χ2n) is 5.66. The highest BCUT2D eigenvalue weighted by molar-refractivity contribution is 4.81. The van der Waals surface area contributed by atoms with Gasteiger partial charge in [-0.05, 0) is 32.1 Å². The average Bonchev–Trinajstić information content (AvgIpc) is 2.43. The van der Waals surface area contributed by atoms with Gasteiger partial charge in [-0.2, -0.15) is 0 Å². The lowest BCUT2D eigenvalue weighted by Gasteiger charge is -2.01. The average molecular weight is 264 g/mol. The van der Waals surface area contributed by atoms with E-state index in [1.807, 2.05) is 6.08 Å². The molecule has 0 aromatic carbocycles. The maximum Gasteiger partial charge on any atom is -0.0351 e. The Morgan fingerprint density at radius 1 is 0.579 bits per heavy atom. The molecule has 0 N–H and O–H groups in total. The van der Waals surface area contributed by atoms with Gasteiger partial charge in [0.25, 0.3) is 0 Å². The number of hydrogen-bond acceptors (Lipinski definition) is 0. The van der Waals surface area contributed by atoms with Crippen LogP contribution < -0.4 is 0 Å². The standard InChI is InChI=1S/C19H36/c1-3-5-7-9-11-13-15-17-19-18-16-14-12-10-8-6-4-2/h3,10,12H,1,4-9,11,13-19H2,2H3. The van der Waals surface area contributed by atoms with Crippen LogP contribution in [0.1, 0.15) is 96.8 Å². The van der Waals surface area contributed by atoms with Gasteiger partial charge < -0.3 is 0 Å². The minimum Gasteiger partial charge on any atom is -0.103 e. The molecule has 0 fully saturated rings. The lowest BCUT2D eigenvalue weighted by molar-refractivity contribution is 0.561. The van der Waals surface area contributed by atoms with Gasteiger partial charge in [0.2, 0.25) is 0 Å². The third-order valence-electron chi connectivity index (χ3n) is 3.67. The maximum atomic E-state index is 3.76. The Morgan fingerprint density at radius 3 is 1.47 bits per heavy atom. The second-order valence-corrected chi connectivity index (χ2v) is 5.66. The van der Waals surface area contributed by atoms with Gasteiger partial charge in [-0.1, -0.05) is 82.9 Å². The summed E-state index contributed by atoms with van der Waals surface area (Å²) in [6.45, 7) is 6.02. The summed E-state index contributed by atoms with van der Waals surface area (Å²) in [5.41, 5.74) is 0. The van der Waals surface area contributed by atoms with Crippen LogP contribution in [0.25, 0.3) is 0 Å². The zero-order valence-corrected chi connectivity index (χ0v) is 13.3. The van der Waals surface area contributed by atoms with Crippen LogP contribution in [0.2, 0.25) is 0 Å². The van der Waals surface area contributed by atoms with E-state index in [4.69, 9.17) is 0 Å². The molecular weight excluding hydrogens is 228 g/mol. The summed E-state index contributed by atoms with van der Waals surface area (Å²) in [5.74, 6) is 0. The molecule has 0 aliphatic carbocycles. The van der Waals surface area contributed by atoms with Crippen molar-refractivity contribution in [3.8, 4) is 0 Å². The molecule has 112 valence electrons. The molecule has 0 rings (SSSR count). The van der Waals surface area contributed by atoms with Crippen molar-refractivity contribution in [3.05, 3.63) is 24.8 Å². The molecule has 0 nitrogen and oxygen atoms in total. The second kappa shape index (κ2) is 17.5. The van der Waals surface area contributed by atoms with Gasteiger partial charge in [0, 0.05) is 0 Å². The third-order valence-corrected chi connectivity index (χ3v) is 3.67. The van der Waals surface area contributed by atoms with E-state index in [2.05, 4.69) is 25.7 Å². The maximum absolute atomic E-state index is 3.76. The molecule has 0 saturated carbocycles. The Bertz CT molecular complexity index is 190. The van der Waals surface area contributed by atoms with E-state index >= 15 is 0 Å². The predicted octanol–water partition coefficient (Wildman–Crippen LogP) is 7.21. The Morgan fingerprint density at radius 2 is 1.00 bits per heavy atom. The van der Waals surface area contributed by atoms with Crippen LogP contribution in [0.3, 0.4) is 0 Å². The Kier molecular flexibility index (Phi) is 17.0. The van der Waals surface area contributed by atoms with Crippen molar-refractivity contribution < 1.29 is 0 Å². The zero-order chi connectivity index (χ0) is 14.0. The van der Waals surface area contributed by atoms with Crippen molar-refractivity contribution in [2.75, 3.05) is 0 Å². The molecule has 0 radical (unpaired) electrons. The number of hydrogen-bond donors (Lipinski definition) is 0. The highest BCUT2D eigenvalue weighted by Gasteiger charge is 1.92. The van der Waals surface area contributed by atoms with Crippen molar-refractivity contribution in [2.24, 2.45) is 0 Å². The van der Waals surface area contributed by atoms with Gasteiger partial charge in [-0.15, -0.1) is 6.58 Å². The fourth-order valence-corrected chi connectivity index (χ4v) is 2.35. The first kappa shape index (κ1) is 18.5. The normalized spacial score (nSPS) is 11.2. The summed E-state index contributed by atoms with van der Waals surface area (Å²) >= 11 is 0. The molecule has 0 aromatic heterocycles. The van der Waals surface area contributed by atoms with Crippen LogP contribution in [0, 0.1) is 0 Å². The molecule has 0 bridgehead atoms. The van der Waals surface area contributed by atoms with Crippen molar-refractivity contribution in [3.63, 3.8) is 0 Å². The number of unbranched alkanes of at least 4 members (excludes halogenated alkanes) is 12. The monoisotopic (exact) mass is 264 g/mol. The van der Waals surface area contributed by atoms with Gasteiger partial charge in [0.15, 0.2) is 0 Å². The summed E-state index contributed by atoms with van der Waals surface area (Å²) < 4.78 is 0. The first-order valence-electron chi connectivity index (χ1n) is 8.67.